The molecule has 1 aromatic rings. The molecular weight excluding hydrogens is 516 g/mol. The fraction of sp³-hybridized carbons (Fsp3) is 0.667. The summed E-state index contributed by atoms with van der Waals surface area (Å²) in [5, 5.41) is 12.1. The van der Waals surface area contributed by atoms with Crippen LogP contribution in [0.25, 0.3) is 0 Å². The van der Waals surface area contributed by atoms with E-state index in [0.29, 0.717) is 51.1 Å². The van der Waals surface area contributed by atoms with E-state index in [9.17, 15) is 24.3 Å². The molecule has 1 aromatic carbocycles. The average Bonchev–Trinajstić information content (AvgIpc) is 3.33. The van der Waals surface area contributed by atoms with E-state index in [1.807, 2.05) is 49.1 Å². The number of carbonyl (C=O) groups excluding carboxylic acids is 4. The zero-order chi connectivity index (χ0) is 28.8. The van der Waals surface area contributed by atoms with Gasteiger partial charge in [-0.15, -0.1) is 0 Å². The first-order chi connectivity index (χ1) is 19.0. The van der Waals surface area contributed by atoms with Crippen LogP contribution in [0.3, 0.4) is 0 Å². The maximum atomic E-state index is 13.2. The topological polar surface area (TPSA) is 123 Å². The lowest BCUT2D eigenvalue weighted by Gasteiger charge is -2.43. The summed E-state index contributed by atoms with van der Waals surface area (Å²) in [4.78, 5) is 54.1. The van der Waals surface area contributed by atoms with E-state index in [1.165, 1.54) is 13.8 Å². The van der Waals surface area contributed by atoms with Crippen molar-refractivity contribution in [1.82, 2.24) is 9.80 Å². The van der Waals surface area contributed by atoms with Gasteiger partial charge in [0.05, 0.1) is 12.0 Å². The van der Waals surface area contributed by atoms with Crippen molar-refractivity contribution in [2.75, 3.05) is 32.7 Å². The fourth-order valence-electron chi connectivity index (χ4n) is 7.96. The smallest absolute Gasteiger partial charge is 0.311 e. The molecule has 10 nitrogen and oxygen atoms in total. The van der Waals surface area contributed by atoms with Crippen LogP contribution in [0, 0.1) is 29.1 Å². The maximum Gasteiger partial charge on any atom is 0.311 e. The van der Waals surface area contributed by atoms with Crippen LogP contribution in [0.4, 0.5) is 0 Å². The zero-order valence-electron chi connectivity index (χ0n) is 23.7. The second-order valence-electron chi connectivity index (χ2n) is 12.1. The molecule has 2 heterocycles. The lowest BCUT2D eigenvalue weighted by atomic mass is 9.66. The maximum absolute atomic E-state index is 13.2. The molecule has 9 atom stereocenters. The molecular formula is C30H40N2O8. The average molecular weight is 557 g/mol. The Kier molecular flexibility index (Phi) is 7.94. The number of esters is 3. The Bertz CT molecular complexity index is 1140. The summed E-state index contributed by atoms with van der Waals surface area (Å²) >= 11 is 0. The molecule has 0 radical (unpaired) electrons. The SMILES string of the molecule is CC(=O)O[C@H]1C[C@H](OC(C)=O)[C@]2(C)[C@@H]1[C@H](C)C[C@@H]1OC(=O)[C@@H](CN3CCN(C(=O)c4ccccc4)CC3)[C@H]1[C@@H]2O. The molecule has 0 aromatic heterocycles. The molecule has 1 amide bonds. The number of amides is 1. The molecule has 10 heteroatoms. The number of nitrogens with zero attached hydrogens (tertiary/aromatic N) is 2. The number of carbonyl (C=O) groups is 4. The van der Waals surface area contributed by atoms with Crippen LogP contribution in [0.1, 0.15) is 50.9 Å². The van der Waals surface area contributed by atoms with Crippen LogP contribution in [0.15, 0.2) is 30.3 Å². The zero-order valence-corrected chi connectivity index (χ0v) is 23.7. The quantitative estimate of drug-likeness (QED) is 0.428. The van der Waals surface area contributed by atoms with Crippen molar-refractivity contribution in [2.24, 2.45) is 29.1 Å². The van der Waals surface area contributed by atoms with Gasteiger partial charge in [0.2, 0.25) is 0 Å². The first-order valence-electron chi connectivity index (χ1n) is 14.3. The molecule has 0 spiro atoms. The highest BCUT2D eigenvalue weighted by Crippen LogP contribution is 2.59. The minimum Gasteiger partial charge on any atom is -0.462 e. The third-order valence-electron chi connectivity index (χ3n) is 9.70. The van der Waals surface area contributed by atoms with Gasteiger partial charge in [-0.25, -0.2) is 0 Å². The number of benzene rings is 1. The van der Waals surface area contributed by atoms with Gasteiger partial charge in [-0.2, -0.15) is 0 Å². The molecule has 4 aliphatic rings. The summed E-state index contributed by atoms with van der Waals surface area (Å²) in [5.41, 5.74) is -0.278. The second-order valence-corrected chi connectivity index (χ2v) is 12.1. The third kappa shape index (κ3) is 5.11. The van der Waals surface area contributed by atoms with Gasteiger partial charge in [-0.3, -0.25) is 24.1 Å². The molecule has 2 saturated carbocycles. The van der Waals surface area contributed by atoms with Crippen LogP contribution in [0.5, 0.6) is 0 Å². The lowest BCUT2D eigenvalue weighted by Crippen LogP contribution is -2.54. The van der Waals surface area contributed by atoms with Crippen molar-refractivity contribution < 1.29 is 38.5 Å². The Balaban J connectivity index is 1.34. The van der Waals surface area contributed by atoms with Crippen LogP contribution >= 0.6 is 0 Å². The van der Waals surface area contributed by atoms with Gasteiger partial charge < -0.3 is 24.2 Å². The molecule has 0 bridgehead atoms. The first-order valence-corrected chi connectivity index (χ1v) is 14.3. The highest BCUT2D eigenvalue weighted by molar-refractivity contribution is 5.94. The van der Waals surface area contributed by atoms with E-state index in [2.05, 4.69) is 4.90 Å². The summed E-state index contributed by atoms with van der Waals surface area (Å²) in [7, 11) is 0. The molecule has 2 saturated heterocycles. The molecule has 40 heavy (non-hydrogen) atoms. The largest absolute Gasteiger partial charge is 0.462 e. The summed E-state index contributed by atoms with van der Waals surface area (Å²) in [6.45, 7) is 9.32. The number of ether oxygens (including phenoxy) is 3. The molecule has 2 aliphatic heterocycles. The number of aliphatic hydroxyl groups excluding tert-OH is 1. The first kappa shape index (κ1) is 28.5. The van der Waals surface area contributed by atoms with Gasteiger partial charge in [0.25, 0.3) is 5.91 Å². The fourth-order valence-corrected chi connectivity index (χ4v) is 7.96. The van der Waals surface area contributed by atoms with E-state index in [-0.39, 0.29) is 23.7 Å². The van der Waals surface area contributed by atoms with E-state index in [0.717, 1.165) is 0 Å². The lowest BCUT2D eigenvalue weighted by molar-refractivity contribution is -0.165. The summed E-state index contributed by atoms with van der Waals surface area (Å²) in [6, 6.07) is 9.19. The van der Waals surface area contributed by atoms with E-state index in [1.54, 1.807) is 0 Å². The van der Waals surface area contributed by atoms with Crippen LogP contribution in [-0.2, 0) is 28.6 Å². The summed E-state index contributed by atoms with van der Waals surface area (Å²) < 4.78 is 17.3. The number of hydrogen-bond acceptors (Lipinski definition) is 9. The van der Waals surface area contributed by atoms with Gasteiger partial charge in [0.15, 0.2) is 0 Å². The second kappa shape index (κ2) is 11.1. The van der Waals surface area contributed by atoms with Gasteiger partial charge in [0, 0.05) is 75.8 Å². The Morgan fingerprint density at radius 1 is 1.02 bits per heavy atom. The predicted octanol–water partition coefficient (Wildman–Crippen LogP) is 1.89. The normalized spacial score (nSPS) is 37.6. The van der Waals surface area contributed by atoms with Crippen molar-refractivity contribution in [1.29, 1.82) is 0 Å². The standard InChI is InChI=1S/C30H40N2O8/c1-17-14-22-25(27(35)30(4)24(39-19(3)34)15-23(26(17)30)38-18(2)33)21(29(37)40-22)16-31-10-12-32(13-11-31)28(36)20-8-6-5-7-9-20/h5-9,17,21-27,35H,10-16H2,1-4H3/t17-,21+,22+,23+,24+,25-,26-,27+,30-/m1/s1. The Morgan fingerprint density at radius 2 is 1.68 bits per heavy atom. The van der Waals surface area contributed by atoms with Crippen LogP contribution in [-0.4, -0.2) is 95.9 Å². The molecule has 1 N–H and O–H groups in total. The van der Waals surface area contributed by atoms with Crippen molar-refractivity contribution in [3.63, 3.8) is 0 Å². The molecule has 4 fully saturated rings. The van der Waals surface area contributed by atoms with Crippen molar-refractivity contribution in [3.05, 3.63) is 35.9 Å². The molecule has 0 unspecified atom stereocenters. The van der Waals surface area contributed by atoms with E-state index >= 15 is 0 Å². The number of piperazine rings is 1. The molecule has 2 aliphatic carbocycles. The summed E-state index contributed by atoms with van der Waals surface area (Å²) in [5.74, 6) is -2.61. The van der Waals surface area contributed by atoms with Crippen molar-refractivity contribution in [2.45, 2.75) is 65.0 Å². The highest BCUT2D eigenvalue weighted by Gasteiger charge is 2.67. The minimum atomic E-state index is -1.02. The number of rotatable bonds is 5. The van der Waals surface area contributed by atoms with E-state index < -0.39 is 53.6 Å². The van der Waals surface area contributed by atoms with Crippen LogP contribution in [0.2, 0.25) is 0 Å². The van der Waals surface area contributed by atoms with Crippen LogP contribution < -0.4 is 0 Å². The highest BCUT2D eigenvalue weighted by atomic mass is 16.6. The Hall–Kier alpha value is -2.98. The van der Waals surface area contributed by atoms with Crippen molar-refractivity contribution in [3.8, 4) is 0 Å². The van der Waals surface area contributed by atoms with Gasteiger partial charge in [-0.05, 0) is 24.5 Å². The number of fused-ring (bicyclic) bond motifs is 2. The molecule has 218 valence electrons. The number of aliphatic hydroxyl groups is 1. The van der Waals surface area contributed by atoms with E-state index in [4.69, 9.17) is 14.2 Å². The van der Waals surface area contributed by atoms with Gasteiger partial charge >= 0.3 is 17.9 Å². The predicted molar refractivity (Wildman–Crippen MR) is 143 cm³/mol. The Morgan fingerprint density at radius 3 is 2.30 bits per heavy atom. The van der Waals surface area contributed by atoms with Crippen molar-refractivity contribution >= 4 is 23.8 Å². The van der Waals surface area contributed by atoms with Gasteiger partial charge in [0.1, 0.15) is 18.3 Å². The molecule has 5 rings (SSSR count). The number of hydrogen-bond donors (Lipinski definition) is 1. The monoisotopic (exact) mass is 556 g/mol. The third-order valence-corrected chi connectivity index (χ3v) is 9.70. The van der Waals surface area contributed by atoms with Gasteiger partial charge in [-0.1, -0.05) is 32.0 Å². The minimum absolute atomic E-state index is 0.00665. The summed E-state index contributed by atoms with van der Waals surface area (Å²) in [6.07, 6.45) is -1.86. The Labute approximate surface area is 234 Å².